The van der Waals surface area contributed by atoms with Crippen molar-refractivity contribution in [2.24, 2.45) is 10.9 Å². The maximum absolute atomic E-state index is 10.5. The predicted molar refractivity (Wildman–Crippen MR) is 40.0 cm³/mol. The second kappa shape index (κ2) is 3.11. The van der Waals surface area contributed by atoms with Crippen molar-refractivity contribution < 1.29 is 10.0 Å². The molecule has 1 rings (SSSR count). The summed E-state index contributed by atoms with van der Waals surface area (Å²) in [6, 6.07) is 0. The van der Waals surface area contributed by atoms with Gasteiger partial charge < -0.3 is 10.9 Å². The number of thiazole rings is 1. The number of aromatic nitrogens is 1. The summed E-state index contributed by atoms with van der Waals surface area (Å²) in [4.78, 5) is 14.2. The van der Waals surface area contributed by atoms with E-state index < -0.39 is 5.91 Å². The van der Waals surface area contributed by atoms with Crippen LogP contribution in [0.2, 0.25) is 0 Å². The first-order valence-corrected chi connectivity index (χ1v) is 3.55. The lowest BCUT2D eigenvalue weighted by Crippen LogP contribution is -2.11. The Morgan fingerprint density at radius 1 is 1.91 bits per heavy atom. The van der Waals surface area contributed by atoms with E-state index in [0.717, 1.165) is 6.21 Å². The molecule has 11 heavy (non-hydrogen) atoms. The summed E-state index contributed by atoms with van der Waals surface area (Å²) >= 11 is 1.18. The van der Waals surface area contributed by atoms with E-state index in [0.29, 0.717) is 5.01 Å². The lowest BCUT2D eigenvalue weighted by molar-refractivity contribution is 0.0996. The van der Waals surface area contributed by atoms with Crippen LogP contribution in [0.25, 0.3) is 0 Å². The molecule has 0 aromatic carbocycles. The Morgan fingerprint density at radius 2 is 2.64 bits per heavy atom. The van der Waals surface area contributed by atoms with Gasteiger partial charge in [-0.05, 0) is 0 Å². The molecule has 0 atom stereocenters. The minimum absolute atomic E-state index is 0.185. The number of nitrogens with two attached hydrogens (primary N) is 1. The number of oxime groups is 1. The van der Waals surface area contributed by atoms with Crippen molar-refractivity contribution in [1.82, 2.24) is 4.98 Å². The molecular weight excluding hydrogens is 166 g/mol. The van der Waals surface area contributed by atoms with E-state index in [1.807, 2.05) is 0 Å². The molecule has 6 heteroatoms. The van der Waals surface area contributed by atoms with Crippen molar-refractivity contribution in [3.63, 3.8) is 0 Å². The monoisotopic (exact) mass is 171 g/mol. The molecule has 3 N–H and O–H groups in total. The topological polar surface area (TPSA) is 88.6 Å². The summed E-state index contributed by atoms with van der Waals surface area (Å²) in [5.74, 6) is -0.584. The Bertz CT molecular complexity index is 294. The second-order valence-corrected chi connectivity index (χ2v) is 2.57. The van der Waals surface area contributed by atoms with Crippen LogP contribution in [0.4, 0.5) is 0 Å². The van der Waals surface area contributed by atoms with E-state index in [4.69, 9.17) is 10.9 Å². The van der Waals surface area contributed by atoms with E-state index in [9.17, 15) is 4.79 Å². The largest absolute Gasteiger partial charge is 0.411 e. The minimum atomic E-state index is -0.584. The lowest BCUT2D eigenvalue weighted by atomic mass is 10.5. The Labute approximate surface area is 66.2 Å². The number of hydrogen-bond acceptors (Lipinski definition) is 5. The third-order valence-corrected chi connectivity index (χ3v) is 1.72. The van der Waals surface area contributed by atoms with Crippen molar-refractivity contribution in [1.29, 1.82) is 0 Å². The van der Waals surface area contributed by atoms with Crippen LogP contribution in [0.15, 0.2) is 10.5 Å². The molecule has 58 valence electrons. The van der Waals surface area contributed by atoms with Gasteiger partial charge in [-0.25, -0.2) is 4.98 Å². The number of carbonyl (C=O) groups excluding carboxylic acids is 1. The summed E-state index contributed by atoms with van der Waals surface area (Å²) in [6.45, 7) is 0. The van der Waals surface area contributed by atoms with Gasteiger partial charge in [0, 0.05) is 5.38 Å². The van der Waals surface area contributed by atoms with E-state index in [1.54, 1.807) is 0 Å². The number of rotatable bonds is 2. The third kappa shape index (κ3) is 1.74. The SMILES string of the molecule is NC(=O)c1csc(/C=N/O)n1. The van der Waals surface area contributed by atoms with Gasteiger partial charge >= 0.3 is 0 Å². The van der Waals surface area contributed by atoms with E-state index >= 15 is 0 Å². The second-order valence-electron chi connectivity index (χ2n) is 1.68. The number of nitrogens with zero attached hydrogens (tertiary/aromatic N) is 2. The molecule has 0 aliphatic rings. The first-order valence-electron chi connectivity index (χ1n) is 2.67. The van der Waals surface area contributed by atoms with Crippen molar-refractivity contribution >= 4 is 23.5 Å². The highest BCUT2D eigenvalue weighted by Crippen LogP contribution is 2.06. The minimum Gasteiger partial charge on any atom is -0.411 e. The summed E-state index contributed by atoms with van der Waals surface area (Å²) in [5.41, 5.74) is 5.11. The van der Waals surface area contributed by atoms with Crippen LogP contribution in [0.5, 0.6) is 0 Å². The lowest BCUT2D eigenvalue weighted by Gasteiger charge is -1.81. The molecule has 1 aromatic rings. The first-order chi connectivity index (χ1) is 5.24. The van der Waals surface area contributed by atoms with Crippen molar-refractivity contribution in [3.05, 3.63) is 16.1 Å². The average Bonchev–Trinajstić information content (AvgIpc) is 2.37. The van der Waals surface area contributed by atoms with Gasteiger partial charge in [-0.2, -0.15) is 0 Å². The van der Waals surface area contributed by atoms with Crippen LogP contribution < -0.4 is 5.73 Å². The van der Waals surface area contributed by atoms with Gasteiger partial charge in [0.05, 0.1) is 0 Å². The van der Waals surface area contributed by atoms with Crippen LogP contribution in [0.3, 0.4) is 0 Å². The summed E-state index contributed by atoms with van der Waals surface area (Å²) < 4.78 is 0. The number of hydrogen-bond donors (Lipinski definition) is 2. The van der Waals surface area contributed by atoms with Crippen LogP contribution in [-0.2, 0) is 0 Å². The fourth-order valence-corrected chi connectivity index (χ4v) is 1.17. The summed E-state index contributed by atoms with van der Waals surface area (Å²) in [6.07, 6.45) is 1.14. The highest BCUT2D eigenvalue weighted by molar-refractivity contribution is 7.11. The van der Waals surface area contributed by atoms with Gasteiger partial charge in [-0.3, -0.25) is 4.79 Å². The zero-order valence-corrected chi connectivity index (χ0v) is 6.21. The summed E-state index contributed by atoms with van der Waals surface area (Å²) in [5, 5.41) is 12.8. The van der Waals surface area contributed by atoms with Crippen LogP contribution in [0.1, 0.15) is 15.5 Å². The normalized spacial score (nSPS) is 10.5. The highest BCUT2D eigenvalue weighted by atomic mass is 32.1. The average molecular weight is 171 g/mol. The quantitative estimate of drug-likeness (QED) is 0.374. The zero-order chi connectivity index (χ0) is 8.27. The van der Waals surface area contributed by atoms with Gasteiger partial charge in [0.15, 0.2) is 0 Å². The molecule has 5 nitrogen and oxygen atoms in total. The number of primary amides is 1. The standard InChI is InChI=1S/C5H5N3O2S/c6-5(9)3-2-11-4(8-3)1-7-10/h1-2,10H,(H2,6,9)/b7-1+. The Balaban J connectivity index is 2.90. The van der Waals surface area contributed by atoms with Crippen molar-refractivity contribution in [2.45, 2.75) is 0 Å². The third-order valence-electron chi connectivity index (χ3n) is 0.943. The molecule has 0 spiro atoms. The Hall–Kier alpha value is -1.43. The zero-order valence-electron chi connectivity index (χ0n) is 5.39. The van der Waals surface area contributed by atoms with E-state index in [1.165, 1.54) is 16.7 Å². The van der Waals surface area contributed by atoms with Gasteiger partial charge in [-0.1, -0.05) is 5.16 Å². The van der Waals surface area contributed by atoms with Crippen LogP contribution in [-0.4, -0.2) is 22.3 Å². The Kier molecular flexibility index (Phi) is 2.17. The first kappa shape index (κ1) is 7.67. The Morgan fingerprint density at radius 3 is 3.09 bits per heavy atom. The summed E-state index contributed by atoms with van der Waals surface area (Å²) in [7, 11) is 0. The smallest absolute Gasteiger partial charge is 0.268 e. The molecular formula is C5H5N3O2S. The van der Waals surface area contributed by atoms with E-state index in [-0.39, 0.29) is 5.69 Å². The highest BCUT2D eigenvalue weighted by Gasteiger charge is 2.04. The van der Waals surface area contributed by atoms with Gasteiger partial charge in [0.1, 0.15) is 16.9 Å². The molecule has 0 saturated carbocycles. The van der Waals surface area contributed by atoms with Crippen LogP contribution in [0, 0.1) is 0 Å². The van der Waals surface area contributed by atoms with Gasteiger partial charge in [-0.15, -0.1) is 11.3 Å². The van der Waals surface area contributed by atoms with Crippen LogP contribution >= 0.6 is 11.3 Å². The van der Waals surface area contributed by atoms with Gasteiger partial charge in [0.2, 0.25) is 0 Å². The molecule has 1 heterocycles. The molecule has 1 aromatic heterocycles. The molecule has 0 saturated heterocycles. The molecule has 0 radical (unpaired) electrons. The maximum Gasteiger partial charge on any atom is 0.268 e. The molecule has 1 amide bonds. The maximum atomic E-state index is 10.5. The molecule has 0 bridgehead atoms. The molecule has 0 aliphatic carbocycles. The molecule has 0 unspecified atom stereocenters. The van der Waals surface area contributed by atoms with Gasteiger partial charge in [0.25, 0.3) is 5.91 Å². The fourth-order valence-electron chi connectivity index (χ4n) is 0.509. The number of amides is 1. The van der Waals surface area contributed by atoms with E-state index in [2.05, 4.69) is 10.1 Å². The van der Waals surface area contributed by atoms with Crippen molar-refractivity contribution in [2.75, 3.05) is 0 Å². The molecule has 0 fully saturated rings. The molecule has 0 aliphatic heterocycles. The predicted octanol–water partition coefficient (Wildman–Crippen LogP) is 0.0501. The number of carbonyl (C=O) groups is 1. The fraction of sp³-hybridized carbons (Fsp3) is 0. The van der Waals surface area contributed by atoms with Crippen molar-refractivity contribution in [3.8, 4) is 0 Å².